The van der Waals surface area contributed by atoms with Gasteiger partial charge in [-0.2, -0.15) is 0 Å². The Kier molecular flexibility index (Phi) is 10.2. The predicted molar refractivity (Wildman–Crippen MR) is 130 cm³/mol. The van der Waals surface area contributed by atoms with Crippen molar-refractivity contribution in [2.75, 3.05) is 7.11 Å². The second-order valence-corrected chi connectivity index (χ2v) is 8.71. The minimum absolute atomic E-state index is 0.00404. The highest BCUT2D eigenvalue weighted by atomic mass is 16.6. The van der Waals surface area contributed by atoms with Gasteiger partial charge in [0, 0.05) is 6.42 Å². The van der Waals surface area contributed by atoms with Gasteiger partial charge in [-0.1, -0.05) is 60.7 Å². The number of benzene rings is 2. The van der Waals surface area contributed by atoms with Gasteiger partial charge in [-0.05, 0) is 44.4 Å². The van der Waals surface area contributed by atoms with Crippen LogP contribution in [0, 0.1) is 0 Å². The number of alkyl carbamates (subject to hydrolysis) is 1. The number of methoxy groups -OCH3 is 1. The molecule has 2 aromatic rings. The van der Waals surface area contributed by atoms with Gasteiger partial charge < -0.3 is 19.5 Å². The number of hydrogen-bond acceptors (Lipinski definition) is 7. The maximum Gasteiger partial charge on any atom is 0.408 e. The molecule has 0 aliphatic rings. The average molecular weight is 482 g/mol. The minimum atomic E-state index is -1.13. The molecule has 35 heavy (non-hydrogen) atoms. The zero-order valence-corrected chi connectivity index (χ0v) is 20.4. The summed E-state index contributed by atoms with van der Waals surface area (Å²) in [6, 6.07) is 16.8. The Balaban J connectivity index is 2.15. The molecule has 0 bridgehead atoms. The fraction of sp³-hybridized carbons (Fsp3) is 0.333. The summed E-state index contributed by atoms with van der Waals surface area (Å²) in [7, 11) is 1.18. The largest absolute Gasteiger partial charge is 0.467 e. The Morgan fingerprint density at radius 1 is 0.943 bits per heavy atom. The molecule has 1 amide bonds. The van der Waals surface area contributed by atoms with E-state index in [2.05, 4.69) is 5.32 Å². The van der Waals surface area contributed by atoms with E-state index in [1.165, 1.54) is 13.2 Å². The molecule has 0 aromatic heterocycles. The molecular weight excluding hydrogens is 450 g/mol. The normalized spacial score (nSPS) is 12.3. The van der Waals surface area contributed by atoms with Crippen molar-refractivity contribution >= 4 is 29.9 Å². The number of carbonyl (C=O) groups is 4. The van der Waals surface area contributed by atoms with Crippen LogP contribution in [-0.4, -0.2) is 42.6 Å². The third kappa shape index (κ3) is 9.83. The number of ether oxygens (including phenoxy) is 3. The van der Waals surface area contributed by atoms with Gasteiger partial charge in [-0.25, -0.2) is 14.4 Å². The van der Waals surface area contributed by atoms with Crippen LogP contribution in [0.25, 0.3) is 6.08 Å². The SMILES string of the molecule is COC(=O)[C@H](CCC(=O)/C(=C/c1ccccc1)C(=O)OCc1ccccc1)NC(=O)OC(C)(C)C. The highest BCUT2D eigenvalue weighted by Gasteiger charge is 2.27. The van der Waals surface area contributed by atoms with Crippen molar-refractivity contribution in [1.29, 1.82) is 0 Å². The van der Waals surface area contributed by atoms with E-state index in [1.54, 1.807) is 57.2 Å². The first-order valence-electron chi connectivity index (χ1n) is 11.2. The van der Waals surface area contributed by atoms with E-state index < -0.39 is 35.5 Å². The predicted octanol–water partition coefficient (Wildman–Crippen LogP) is 4.23. The average Bonchev–Trinajstić information content (AvgIpc) is 2.83. The van der Waals surface area contributed by atoms with Crippen molar-refractivity contribution in [1.82, 2.24) is 5.32 Å². The number of amides is 1. The van der Waals surface area contributed by atoms with Crippen LogP contribution in [0.2, 0.25) is 0 Å². The van der Waals surface area contributed by atoms with Crippen molar-refractivity contribution in [3.8, 4) is 0 Å². The molecule has 8 heteroatoms. The topological polar surface area (TPSA) is 108 Å². The van der Waals surface area contributed by atoms with Gasteiger partial charge in [0.15, 0.2) is 5.78 Å². The molecule has 1 N–H and O–H groups in total. The zero-order chi connectivity index (χ0) is 25.8. The molecule has 0 radical (unpaired) electrons. The standard InChI is InChI=1S/C27H31NO7/c1-27(2,3)35-26(32)28-22(25(31)33-4)15-16-23(29)21(17-19-11-7-5-8-12-19)24(30)34-18-20-13-9-6-10-14-20/h5-14,17,22H,15-16,18H2,1-4H3,(H,28,32)/b21-17-/t22-/m0/s1. The number of rotatable bonds is 10. The number of esters is 2. The lowest BCUT2D eigenvalue weighted by Gasteiger charge is -2.22. The van der Waals surface area contributed by atoms with Crippen molar-refractivity contribution < 1.29 is 33.4 Å². The summed E-state index contributed by atoms with van der Waals surface area (Å²) in [5.41, 5.74) is 0.492. The van der Waals surface area contributed by atoms with Crippen LogP contribution in [0.1, 0.15) is 44.7 Å². The zero-order valence-electron chi connectivity index (χ0n) is 20.4. The van der Waals surface area contributed by atoms with Gasteiger partial charge in [0.05, 0.1) is 7.11 Å². The summed E-state index contributed by atoms with van der Waals surface area (Å²) in [5, 5.41) is 2.42. The summed E-state index contributed by atoms with van der Waals surface area (Å²) in [4.78, 5) is 50.2. The van der Waals surface area contributed by atoms with E-state index in [0.29, 0.717) is 5.56 Å². The fourth-order valence-electron chi connectivity index (χ4n) is 3.02. The molecule has 0 spiro atoms. The van der Waals surface area contributed by atoms with Gasteiger partial charge in [-0.3, -0.25) is 4.79 Å². The summed E-state index contributed by atoms with van der Waals surface area (Å²) < 4.78 is 15.3. The summed E-state index contributed by atoms with van der Waals surface area (Å²) >= 11 is 0. The van der Waals surface area contributed by atoms with E-state index in [0.717, 1.165) is 5.56 Å². The quantitative estimate of drug-likeness (QED) is 0.178. The lowest BCUT2D eigenvalue weighted by molar-refractivity contribution is -0.143. The Hall–Kier alpha value is -3.94. The number of Topliss-reactive ketones (excluding diaryl/α,β-unsaturated/α-hetero) is 1. The van der Waals surface area contributed by atoms with Gasteiger partial charge in [0.2, 0.25) is 0 Å². The Labute approximate surface area is 205 Å². The van der Waals surface area contributed by atoms with Gasteiger partial charge in [0.1, 0.15) is 23.8 Å². The Morgan fingerprint density at radius 3 is 2.11 bits per heavy atom. The molecule has 1 atom stereocenters. The third-order valence-corrected chi connectivity index (χ3v) is 4.68. The van der Waals surface area contributed by atoms with Crippen molar-refractivity contribution in [2.45, 2.75) is 51.9 Å². The maximum absolute atomic E-state index is 13.1. The first-order valence-corrected chi connectivity index (χ1v) is 11.2. The Bertz CT molecular complexity index is 1040. The number of nitrogens with one attached hydrogen (secondary N) is 1. The van der Waals surface area contributed by atoms with Gasteiger partial charge in [-0.15, -0.1) is 0 Å². The molecule has 0 saturated carbocycles. The molecule has 2 aromatic carbocycles. The van der Waals surface area contributed by atoms with Crippen molar-refractivity contribution in [2.24, 2.45) is 0 Å². The molecule has 0 aliphatic carbocycles. The minimum Gasteiger partial charge on any atom is -0.467 e. The summed E-state index contributed by atoms with van der Waals surface area (Å²) in [5.74, 6) is -2.05. The van der Waals surface area contributed by atoms with E-state index in [-0.39, 0.29) is 25.0 Å². The smallest absolute Gasteiger partial charge is 0.408 e. The molecule has 8 nitrogen and oxygen atoms in total. The molecule has 0 unspecified atom stereocenters. The molecular formula is C27H31NO7. The summed E-state index contributed by atoms with van der Waals surface area (Å²) in [6.45, 7) is 5.06. The molecule has 2 rings (SSSR count). The van der Waals surface area contributed by atoms with Crippen LogP contribution < -0.4 is 5.32 Å². The van der Waals surface area contributed by atoms with E-state index in [1.807, 2.05) is 24.3 Å². The molecule has 0 fully saturated rings. The highest BCUT2D eigenvalue weighted by Crippen LogP contribution is 2.15. The highest BCUT2D eigenvalue weighted by molar-refractivity contribution is 6.20. The van der Waals surface area contributed by atoms with Crippen LogP contribution in [0.15, 0.2) is 66.2 Å². The second-order valence-electron chi connectivity index (χ2n) is 8.71. The van der Waals surface area contributed by atoms with Crippen LogP contribution >= 0.6 is 0 Å². The molecule has 186 valence electrons. The summed E-state index contributed by atoms with van der Waals surface area (Å²) in [6.07, 6.45) is 0.324. The molecule has 0 heterocycles. The third-order valence-electron chi connectivity index (χ3n) is 4.68. The number of hydrogen-bond donors (Lipinski definition) is 1. The fourth-order valence-corrected chi connectivity index (χ4v) is 3.02. The first kappa shape index (κ1) is 27.3. The molecule has 0 saturated heterocycles. The second kappa shape index (κ2) is 13.1. The lowest BCUT2D eigenvalue weighted by atomic mass is 10.0. The van der Waals surface area contributed by atoms with Crippen LogP contribution in [0.4, 0.5) is 4.79 Å². The van der Waals surface area contributed by atoms with E-state index in [4.69, 9.17) is 14.2 Å². The monoisotopic (exact) mass is 481 g/mol. The first-order chi connectivity index (χ1) is 16.6. The van der Waals surface area contributed by atoms with E-state index in [9.17, 15) is 19.2 Å². The number of carbonyl (C=O) groups excluding carboxylic acids is 4. The van der Waals surface area contributed by atoms with Crippen LogP contribution in [0.3, 0.4) is 0 Å². The van der Waals surface area contributed by atoms with E-state index >= 15 is 0 Å². The molecule has 0 aliphatic heterocycles. The number of ketones is 1. The van der Waals surface area contributed by atoms with Crippen LogP contribution in [-0.2, 0) is 35.2 Å². The Morgan fingerprint density at radius 2 is 1.54 bits per heavy atom. The van der Waals surface area contributed by atoms with Gasteiger partial charge >= 0.3 is 18.0 Å². The van der Waals surface area contributed by atoms with Gasteiger partial charge in [0.25, 0.3) is 0 Å². The van der Waals surface area contributed by atoms with Crippen LogP contribution in [0.5, 0.6) is 0 Å². The lowest BCUT2D eigenvalue weighted by Crippen LogP contribution is -2.44. The van der Waals surface area contributed by atoms with Crippen molar-refractivity contribution in [3.05, 3.63) is 77.4 Å². The van der Waals surface area contributed by atoms with Crippen molar-refractivity contribution in [3.63, 3.8) is 0 Å². The maximum atomic E-state index is 13.1.